The normalized spacial score (nSPS) is 14.9. The van der Waals surface area contributed by atoms with Gasteiger partial charge in [-0.05, 0) is 38.8 Å². The topological polar surface area (TPSA) is 70.6 Å². The monoisotopic (exact) mass is 370 g/mol. The van der Waals surface area contributed by atoms with Crippen molar-refractivity contribution in [2.75, 3.05) is 0 Å². The summed E-state index contributed by atoms with van der Waals surface area (Å²) in [6.45, 7) is 7.59. The molecule has 5 heteroatoms. The van der Waals surface area contributed by atoms with Crippen molar-refractivity contribution in [3.63, 3.8) is 0 Å². The molecule has 0 fully saturated rings. The number of aliphatic hydroxyl groups is 1. The molecule has 2 atom stereocenters. The molecule has 5 nitrogen and oxygen atoms in total. The quantitative estimate of drug-likeness (QED) is 0.651. The second-order valence-electron chi connectivity index (χ2n) is 7.78. The zero-order valence-electron chi connectivity index (χ0n) is 16.5. The van der Waals surface area contributed by atoms with Crippen LogP contribution in [0.25, 0.3) is 0 Å². The lowest BCUT2D eigenvalue weighted by atomic mass is 9.94. The maximum atomic E-state index is 12.5. The highest BCUT2D eigenvalue weighted by molar-refractivity contribution is 5.69. The molecule has 146 valence electrons. The van der Waals surface area contributed by atoms with E-state index in [2.05, 4.69) is 10.6 Å². The Morgan fingerprint density at radius 2 is 1.52 bits per heavy atom. The summed E-state index contributed by atoms with van der Waals surface area (Å²) in [5, 5.41) is 16.9. The van der Waals surface area contributed by atoms with Crippen LogP contribution in [-0.2, 0) is 17.7 Å². The Morgan fingerprint density at radius 3 is 2.00 bits per heavy atom. The average Bonchev–Trinajstić information content (AvgIpc) is 2.59. The molecule has 0 aromatic heterocycles. The van der Waals surface area contributed by atoms with Gasteiger partial charge in [-0.3, -0.25) is 5.32 Å². The minimum atomic E-state index is -1.07. The third kappa shape index (κ3) is 6.70. The predicted molar refractivity (Wildman–Crippen MR) is 107 cm³/mol. The van der Waals surface area contributed by atoms with Crippen molar-refractivity contribution in [3.8, 4) is 0 Å². The molecular weight excluding hydrogens is 340 g/mol. The Bertz CT molecular complexity index is 711. The van der Waals surface area contributed by atoms with Crippen LogP contribution in [0.4, 0.5) is 4.79 Å². The van der Waals surface area contributed by atoms with Gasteiger partial charge in [0.2, 0.25) is 0 Å². The minimum Gasteiger partial charge on any atom is -0.444 e. The van der Waals surface area contributed by atoms with E-state index in [9.17, 15) is 9.90 Å². The lowest BCUT2D eigenvalue weighted by Crippen LogP contribution is -2.66. The molecule has 0 aliphatic rings. The van der Waals surface area contributed by atoms with Crippen molar-refractivity contribution in [1.82, 2.24) is 10.6 Å². The summed E-state index contributed by atoms with van der Waals surface area (Å²) in [6, 6.07) is 19.6. The standard InChI is InChI=1S/C22H30N2O3/c1-17(25)22(15-18-11-7-5-8-12-18,24-20(26)27-21(2,3)4)23-16-19-13-9-6-10-14-19/h5-14,17,23,25H,15-16H2,1-4H3,(H,24,26). The van der Waals surface area contributed by atoms with E-state index in [-0.39, 0.29) is 0 Å². The second kappa shape index (κ2) is 9.02. The Morgan fingerprint density at radius 1 is 1.00 bits per heavy atom. The van der Waals surface area contributed by atoms with E-state index >= 15 is 0 Å². The lowest BCUT2D eigenvalue weighted by Gasteiger charge is -2.39. The van der Waals surface area contributed by atoms with Gasteiger partial charge in [0.25, 0.3) is 0 Å². The van der Waals surface area contributed by atoms with Gasteiger partial charge in [-0.15, -0.1) is 0 Å². The second-order valence-corrected chi connectivity index (χ2v) is 7.78. The molecule has 0 aliphatic carbocycles. The van der Waals surface area contributed by atoms with Crippen LogP contribution in [0.1, 0.15) is 38.8 Å². The Kier molecular flexibility index (Phi) is 6.99. The van der Waals surface area contributed by atoms with E-state index in [4.69, 9.17) is 4.74 Å². The van der Waals surface area contributed by atoms with Crippen molar-refractivity contribution in [3.05, 3.63) is 71.8 Å². The summed E-state index contributed by atoms with van der Waals surface area (Å²) in [7, 11) is 0. The summed E-state index contributed by atoms with van der Waals surface area (Å²) in [6.07, 6.45) is -1.01. The van der Waals surface area contributed by atoms with Crippen LogP contribution in [0.2, 0.25) is 0 Å². The van der Waals surface area contributed by atoms with Gasteiger partial charge in [-0.1, -0.05) is 60.7 Å². The highest BCUT2D eigenvalue weighted by Gasteiger charge is 2.38. The van der Waals surface area contributed by atoms with Crippen LogP contribution < -0.4 is 10.6 Å². The van der Waals surface area contributed by atoms with Gasteiger partial charge in [0.1, 0.15) is 11.3 Å². The number of carbonyl (C=O) groups is 1. The van der Waals surface area contributed by atoms with E-state index < -0.39 is 23.5 Å². The minimum absolute atomic E-state index is 0.414. The van der Waals surface area contributed by atoms with Crippen LogP contribution in [0.5, 0.6) is 0 Å². The predicted octanol–water partition coefficient (Wildman–Crippen LogP) is 3.62. The van der Waals surface area contributed by atoms with Crippen molar-refractivity contribution >= 4 is 6.09 Å². The third-order valence-electron chi connectivity index (χ3n) is 4.21. The van der Waals surface area contributed by atoms with Crippen molar-refractivity contribution in [2.24, 2.45) is 0 Å². The zero-order chi connectivity index (χ0) is 19.9. The van der Waals surface area contributed by atoms with Gasteiger partial charge in [0, 0.05) is 13.0 Å². The molecule has 27 heavy (non-hydrogen) atoms. The first-order chi connectivity index (χ1) is 12.7. The fourth-order valence-corrected chi connectivity index (χ4v) is 2.81. The van der Waals surface area contributed by atoms with Crippen LogP contribution in [0.15, 0.2) is 60.7 Å². The fraction of sp³-hybridized carbons (Fsp3) is 0.409. The molecular formula is C22H30N2O3. The van der Waals surface area contributed by atoms with Crippen molar-refractivity contribution < 1.29 is 14.6 Å². The van der Waals surface area contributed by atoms with Gasteiger partial charge < -0.3 is 15.2 Å². The summed E-state index contributed by atoms with van der Waals surface area (Å²) >= 11 is 0. The molecule has 3 N–H and O–H groups in total. The first-order valence-corrected chi connectivity index (χ1v) is 9.22. The number of benzene rings is 2. The number of ether oxygens (including phenoxy) is 1. The fourth-order valence-electron chi connectivity index (χ4n) is 2.81. The Balaban J connectivity index is 2.26. The van der Waals surface area contributed by atoms with E-state index in [0.717, 1.165) is 11.1 Å². The third-order valence-corrected chi connectivity index (χ3v) is 4.21. The number of nitrogens with one attached hydrogen (secondary N) is 2. The van der Waals surface area contributed by atoms with Gasteiger partial charge in [-0.25, -0.2) is 4.79 Å². The van der Waals surface area contributed by atoms with Gasteiger partial charge in [0.05, 0.1) is 6.10 Å². The Hall–Kier alpha value is -2.37. The molecule has 0 aliphatic heterocycles. The number of rotatable bonds is 7. The maximum absolute atomic E-state index is 12.5. The first-order valence-electron chi connectivity index (χ1n) is 9.22. The molecule has 2 unspecified atom stereocenters. The molecule has 0 heterocycles. The summed E-state index contributed by atoms with van der Waals surface area (Å²) in [4.78, 5) is 12.5. The highest BCUT2D eigenvalue weighted by Crippen LogP contribution is 2.18. The molecule has 0 radical (unpaired) electrons. The molecule has 0 saturated carbocycles. The molecule has 0 saturated heterocycles. The van der Waals surface area contributed by atoms with Crippen LogP contribution in [0, 0.1) is 0 Å². The maximum Gasteiger partial charge on any atom is 0.409 e. The summed E-state index contributed by atoms with van der Waals surface area (Å²) in [5.74, 6) is 0. The van der Waals surface area contributed by atoms with Crippen LogP contribution in [-0.4, -0.2) is 28.6 Å². The molecule has 0 spiro atoms. The molecule has 2 aromatic rings. The Labute approximate surface area is 161 Å². The first kappa shape index (κ1) is 20.9. The molecule has 1 amide bonds. The van der Waals surface area contributed by atoms with E-state index in [1.165, 1.54) is 0 Å². The van der Waals surface area contributed by atoms with Crippen LogP contribution >= 0.6 is 0 Å². The van der Waals surface area contributed by atoms with E-state index in [0.29, 0.717) is 13.0 Å². The van der Waals surface area contributed by atoms with Crippen molar-refractivity contribution in [1.29, 1.82) is 0 Å². The summed E-state index contributed by atoms with van der Waals surface area (Å²) < 4.78 is 5.43. The number of amides is 1. The summed E-state index contributed by atoms with van der Waals surface area (Å²) in [5.41, 5.74) is 0.358. The number of carbonyl (C=O) groups excluding carboxylic acids is 1. The average molecular weight is 370 g/mol. The molecule has 0 bridgehead atoms. The van der Waals surface area contributed by atoms with Gasteiger partial charge in [0.15, 0.2) is 0 Å². The molecule has 2 aromatic carbocycles. The van der Waals surface area contributed by atoms with Gasteiger partial charge in [-0.2, -0.15) is 0 Å². The lowest BCUT2D eigenvalue weighted by molar-refractivity contribution is 0.0140. The molecule has 2 rings (SSSR count). The largest absolute Gasteiger partial charge is 0.444 e. The van der Waals surface area contributed by atoms with E-state index in [1.807, 2.05) is 81.4 Å². The SMILES string of the molecule is CC(O)C(Cc1ccccc1)(NCc1ccccc1)NC(=O)OC(C)(C)C. The van der Waals surface area contributed by atoms with E-state index in [1.54, 1.807) is 6.92 Å². The smallest absolute Gasteiger partial charge is 0.409 e. The number of aliphatic hydroxyl groups excluding tert-OH is 1. The van der Waals surface area contributed by atoms with Crippen LogP contribution in [0.3, 0.4) is 0 Å². The number of hydrogen-bond donors (Lipinski definition) is 3. The highest BCUT2D eigenvalue weighted by atomic mass is 16.6. The van der Waals surface area contributed by atoms with Crippen molar-refractivity contribution in [2.45, 2.75) is 58.0 Å². The van der Waals surface area contributed by atoms with Gasteiger partial charge >= 0.3 is 6.09 Å². The number of hydrogen-bond acceptors (Lipinski definition) is 4. The number of alkyl carbamates (subject to hydrolysis) is 1. The zero-order valence-corrected chi connectivity index (χ0v) is 16.5.